The fourth-order valence-corrected chi connectivity index (χ4v) is 2.09. The number of hydrogen-bond acceptors (Lipinski definition) is 3. The molecule has 0 amide bonds. The van der Waals surface area contributed by atoms with E-state index in [4.69, 9.17) is 10.2 Å². The molecular formula is C12H2F25NO2. The summed E-state index contributed by atoms with van der Waals surface area (Å²) < 4.78 is 326. The minimum absolute atomic E-state index is 5.38. The third-order valence-electron chi connectivity index (χ3n) is 4.27. The summed E-state index contributed by atoms with van der Waals surface area (Å²) in [4.78, 5) is -5.38. The number of halogens is 25. The van der Waals surface area contributed by atoms with Crippen molar-refractivity contribution in [1.29, 1.82) is 0 Å². The second-order valence-corrected chi connectivity index (χ2v) is 6.99. The van der Waals surface area contributed by atoms with Crippen molar-refractivity contribution in [3.8, 4) is 0 Å². The maximum Gasteiger partial charge on any atom is 0.460 e. The smallest absolute Gasteiger partial charge is 0.330 e. The molecule has 0 saturated carbocycles. The van der Waals surface area contributed by atoms with Crippen LogP contribution in [-0.2, 0) is 0 Å². The average Bonchev–Trinajstić information content (AvgIpc) is 2.63. The second-order valence-electron chi connectivity index (χ2n) is 6.99. The first-order valence-corrected chi connectivity index (χ1v) is 8.09. The quantitative estimate of drug-likeness (QED) is 0.193. The van der Waals surface area contributed by atoms with Crippen LogP contribution >= 0.6 is 0 Å². The normalized spacial score (nSPS) is 17.1. The number of hydrogen-bond donors (Lipinski definition) is 2. The molecule has 0 aliphatic heterocycles. The largest absolute Gasteiger partial charge is 0.460 e. The van der Waals surface area contributed by atoms with Crippen LogP contribution in [0.5, 0.6) is 0 Å². The van der Waals surface area contributed by atoms with Gasteiger partial charge < -0.3 is 10.2 Å². The van der Waals surface area contributed by atoms with E-state index < -0.39 is 77.0 Å². The van der Waals surface area contributed by atoms with Crippen LogP contribution in [0.4, 0.5) is 110 Å². The molecule has 0 aromatic rings. The molecule has 242 valence electrons. The first kappa shape index (κ1) is 38.1. The summed E-state index contributed by atoms with van der Waals surface area (Å²) in [6.45, 7) is 0. The Hall–Kier alpha value is -1.87. The van der Waals surface area contributed by atoms with Gasteiger partial charge in [-0.15, -0.1) is 0 Å². The predicted octanol–water partition coefficient (Wildman–Crippen LogP) is 6.61. The Morgan fingerprint density at radius 1 is 0.275 bits per heavy atom. The number of rotatable bonds is 11. The fourth-order valence-electron chi connectivity index (χ4n) is 2.09. The first-order valence-electron chi connectivity index (χ1n) is 8.09. The minimum Gasteiger partial charge on any atom is -0.330 e. The van der Waals surface area contributed by atoms with Crippen molar-refractivity contribution in [1.82, 2.24) is 4.90 Å². The standard InChI is InChI=1S/C12H2F25NO2/c13-1(14,3(17,18)5(21,22)7(25,26)27)2(15,16)4(19,20)6(23,24)8(28,29)38(9(30,31)11(34,35)39)10(32,33)12(36,37)40/h39-40H. The molecule has 28 heteroatoms. The zero-order chi connectivity index (χ0) is 33.6. The molecule has 3 nitrogen and oxygen atoms in total. The van der Waals surface area contributed by atoms with Crippen molar-refractivity contribution in [2.75, 3.05) is 0 Å². The molecule has 0 aromatic carbocycles. The molecular weight excluding hydrogens is 665 g/mol. The van der Waals surface area contributed by atoms with Crippen LogP contribution in [-0.4, -0.2) is 87.2 Å². The second kappa shape index (κ2) is 9.06. The highest BCUT2D eigenvalue weighted by Crippen LogP contribution is 2.65. The van der Waals surface area contributed by atoms with Crippen LogP contribution < -0.4 is 0 Å². The average molecular weight is 667 g/mol. The summed E-state index contributed by atoms with van der Waals surface area (Å²) in [6, 6.07) is -26.7. The van der Waals surface area contributed by atoms with Crippen molar-refractivity contribution in [2.45, 2.75) is 72.1 Å². The van der Waals surface area contributed by atoms with Gasteiger partial charge in [0.2, 0.25) is 0 Å². The number of nitrogens with zero attached hydrogens (tertiary/aromatic N) is 1. The first-order chi connectivity index (χ1) is 16.6. The van der Waals surface area contributed by atoms with Gasteiger partial charge in [0.15, 0.2) is 0 Å². The monoisotopic (exact) mass is 667 g/mol. The van der Waals surface area contributed by atoms with Crippen LogP contribution in [0.25, 0.3) is 0 Å². The molecule has 0 radical (unpaired) electrons. The van der Waals surface area contributed by atoms with E-state index in [0.29, 0.717) is 0 Å². The highest BCUT2D eigenvalue weighted by Gasteiger charge is 2.97. The highest BCUT2D eigenvalue weighted by molar-refractivity contribution is 5.15. The molecule has 40 heavy (non-hydrogen) atoms. The fraction of sp³-hybridized carbons (Fsp3) is 1.00. The maximum atomic E-state index is 13.8. The highest BCUT2D eigenvalue weighted by atomic mass is 19.4. The maximum absolute atomic E-state index is 13.8. The van der Waals surface area contributed by atoms with Crippen molar-refractivity contribution in [3.05, 3.63) is 0 Å². The van der Waals surface area contributed by atoms with E-state index in [1.165, 1.54) is 0 Å². The van der Waals surface area contributed by atoms with Gasteiger partial charge in [-0.05, 0) is 0 Å². The zero-order valence-corrected chi connectivity index (χ0v) is 16.8. The molecule has 0 saturated heterocycles. The zero-order valence-electron chi connectivity index (χ0n) is 16.8. The van der Waals surface area contributed by atoms with Gasteiger partial charge in [0.1, 0.15) is 0 Å². The summed E-state index contributed by atoms with van der Waals surface area (Å²) in [5, 5.41) is 15.3. The lowest BCUT2D eigenvalue weighted by Crippen LogP contribution is -2.80. The van der Waals surface area contributed by atoms with Crippen LogP contribution in [0.15, 0.2) is 0 Å². The third-order valence-corrected chi connectivity index (χ3v) is 4.27. The van der Waals surface area contributed by atoms with Crippen LogP contribution in [0.2, 0.25) is 0 Å². The Morgan fingerprint density at radius 2 is 0.475 bits per heavy atom. The van der Waals surface area contributed by atoms with Crippen LogP contribution in [0.3, 0.4) is 0 Å². The van der Waals surface area contributed by atoms with E-state index in [1.54, 1.807) is 0 Å². The van der Waals surface area contributed by atoms with Gasteiger partial charge in [0.25, 0.3) is 0 Å². The van der Waals surface area contributed by atoms with Gasteiger partial charge >= 0.3 is 72.1 Å². The lowest BCUT2D eigenvalue weighted by Gasteiger charge is -2.48. The van der Waals surface area contributed by atoms with Crippen molar-refractivity contribution >= 4 is 0 Å². The SMILES string of the molecule is OC(F)(F)C(F)(F)N(C(F)(F)C(O)(F)F)C(F)(F)C(F)(F)C(F)(F)C(F)(F)C(F)(F)C(F)(F)C(F)(F)C(F)(F)F. The van der Waals surface area contributed by atoms with Crippen molar-refractivity contribution in [3.63, 3.8) is 0 Å². The molecule has 0 fully saturated rings. The third kappa shape index (κ3) is 4.73. The molecule has 0 aliphatic carbocycles. The Morgan fingerprint density at radius 3 is 0.675 bits per heavy atom. The summed E-state index contributed by atoms with van der Waals surface area (Å²) in [5.41, 5.74) is 0. The summed E-state index contributed by atoms with van der Waals surface area (Å²) in [5.74, 6) is -56.2. The van der Waals surface area contributed by atoms with E-state index in [0.717, 1.165) is 0 Å². The van der Waals surface area contributed by atoms with E-state index >= 15 is 0 Å². The van der Waals surface area contributed by atoms with Crippen LogP contribution in [0.1, 0.15) is 0 Å². The molecule has 0 rings (SSSR count). The number of alkyl halides is 25. The summed E-state index contributed by atoms with van der Waals surface area (Å²) >= 11 is 0. The Bertz CT molecular complexity index is 896. The van der Waals surface area contributed by atoms with Gasteiger partial charge in [-0.2, -0.15) is 110 Å². The van der Waals surface area contributed by atoms with Crippen molar-refractivity contribution < 1.29 is 120 Å². The van der Waals surface area contributed by atoms with Gasteiger partial charge in [-0.3, -0.25) is 0 Å². The lowest BCUT2D eigenvalue weighted by molar-refractivity contribution is -0.531. The van der Waals surface area contributed by atoms with Gasteiger partial charge in [0, 0.05) is 0 Å². The Kier molecular flexibility index (Phi) is 8.64. The Balaban J connectivity index is 7.67. The van der Waals surface area contributed by atoms with Crippen molar-refractivity contribution in [2.24, 2.45) is 0 Å². The summed E-state index contributed by atoms with van der Waals surface area (Å²) in [7, 11) is 0. The van der Waals surface area contributed by atoms with E-state index in [2.05, 4.69) is 0 Å². The molecule has 0 aliphatic rings. The molecule has 0 atom stereocenters. The van der Waals surface area contributed by atoms with Gasteiger partial charge in [-0.1, -0.05) is 4.90 Å². The van der Waals surface area contributed by atoms with Crippen LogP contribution in [0, 0.1) is 0 Å². The topological polar surface area (TPSA) is 43.7 Å². The predicted molar refractivity (Wildman–Crippen MR) is 66.7 cm³/mol. The molecule has 0 bridgehead atoms. The molecule has 0 heterocycles. The molecule has 0 spiro atoms. The van der Waals surface area contributed by atoms with E-state index in [9.17, 15) is 110 Å². The molecule has 0 aromatic heterocycles. The van der Waals surface area contributed by atoms with Gasteiger partial charge in [0.05, 0.1) is 0 Å². The summed E-state index contributed by atoms with van der Waals surface area (Å²) in [6.07, 6.45) is -24.0. The van der Waals surface area contributed by atoms with Gasteiger partial charge in [-0.25, -0.2) is 0 Å². The lowest BCUT2D eigenvalue weighted by atomic mass is 9.90. The Labute approximate surface area is 198 Å². The van der Waals surface area contributed by atoms with E-state index in [-0.39, 0.29) is 0 Å². The number of aliphatic hydroxyl groups is 2. The van der Waals surface area contributed by atoms with E-state index in [1.807, 2.05) is 0 Å². The molecule has 2 N–H and O–H groups in total. The minimum atomic E-state index is -9.68. The molecule has 0 unspecified atom stereocenters.